The van der Waals surface area contributed by atoms with Gasteiger partial charge in [0.15, 0.2) is 0 Å². The number of nitrogens with zero attached hydrogens (tertiary/aromatic N) is 2. The summed E-state index contributed by atoms with van der Waals surface area (Å²) in [4.78, 5) is 9.40. The van der Waals surface area contributed by atoms with Crippen molar-refractivity contribution in [2.75, 3.05) is 0 Å². The highest BCUT2D eigenvalue weighted by atomic mass is 16.5. The summed E-state index contributed by atoms with van der Waals surface area (Å²) < 4.78 is 12.0. The summed E-state index contributed by atoms with van der Waals surface area (Å²) in [6.07, 6.45) is 3.71. The number of ether oxygens (including phenoxy) is 2. The van der Waals surface area contributed by atoms with Gasteiger partial charge in [0.2, 0.25) is 0 Å². The van der Waals surface area contributed by atoms with Gasteiger partial charge in [-0.25, -0.2) is 0 Å². The molecule has 4 aromatic rings. The molecule has 0 unspecified atom stereocenters. The minimum Gasteiger partial charge on any atom is -0.488 e. The molecule has 0 saturated carbocycles. The van der Waals surface area contributed by atoms with Crippen molar-refractivity contribution in [2.24, 2.45) is 0 Å². The number of para-hydroxylation sites is 2. The molecular weight excluding hydrogens is 348 g/mol. The Balaban J connectivity index is 1.58. The zero-order valence-electron chi connectivity index (χ0n) is 15.1. The molecule has 2 aliphatic rings. The SMILES string of the molecule is c1ccc2c(c1)OCc1c-2ccnc1-c1nccc2c1COc1ccccc1-2. The van der Waals surface area contributed by atoms with Crippen LogP contribution in [0.25, 0.3) is 33.6 Å². The molecule has 0 radical (unpaired) electrons. The lowest BCUT2D eigenvalue weighted by Gasteiger charge is -2.25. The summed E-state index contributed by atoms with van der Waals surface area (Å²) in [5.41, 5.74) is 8.38. The monoisotopic (exact) mass is 364 g/mol. The molecule has 0 bridgehead atoms. The normalized spacial score (nSPS) is 13.3. The fourth-order valence-corrected chi connectivity index (χ4v) is 4.12. The van der Waals surface area contributed by atoms with Crippen molar-refractivity contribution in [3.63, 3.8) is 0 Å². The van der Waals surface area contributed by atoms with Crippen LogP contribution in [0.5, 0.6) is 11.5 Å². The van der Waals surface area contributed by atoms with E-state index in [1.54, 1.807) is 0 Å². The average Bonchev–Trinajstić information content (AvgIpc) is 2.78. The lowest BCUT2D eigenvalue weighted by molar-refractivity contribution is 0.300. The van der Waals surface area contributed by atoms with Gasteiger partial charge in [0.05, 0.1) is 11.4 Å². The number of hydrogen-bond acceptors (Lipinski definition) is 4. The van der Waals surface area contributed by atoms with Gasteiger partial charge in [0.25, 0.3) is 0 Å². The minimum absolute atomic E-state index is 0.484. The predicted octanol–water partition coefficient (Wildman–Crippen LogP) is 5.26. The van der Waals surface area contributed by atoms with E-state index < -0.39 is 0 Å². The largest absolute Gasteiger partial charge is 0.488 e. The highest BCUT2D eigenvalue weighted by molar-refractivity contribution is 5.84. The molecule has 2 aromatic heterocycles. The summed E-state index contributed by atoms with van der Waals surface area (Å²) in [5, 5.41) is 0. The Kier molecular flexibility index (Phi) is 3.26. The molecular formula is C24H16N2O2. The number of pyridine rings is 2. The summed E-state index contributed by atoms with van der Waals surface area (Å²) in [6, 6.07) is 20.4. The van der Waals surface area contributed by atoms with Crippen molar-refractivity contribution in [1.29, 1.82) is 0 Å². The first-order chi connectivity index (χ1) is 13.9. The van der Waals surface area contributed by atoms with Gasteiger partial charge in [-0.05, 0) is 35.4 Å². The second kappa shape index (κ2) is 5.92. The zero-order chi connectivity index (χ0) is 18.5. The Morgan fingerprint density at radius 3 is 1.50 bits per heavy atom. The lowest BCUT2D eigenvalue weighted by atomic mass is 9.91. The standard InChI is InChI=1S/C24H16N2O2/c1-3-7-21-17(5-1)15-9-11-25-23(19(15)13-27-21)24-20-14-28-22-8-4-2-6-18(22)16(20)10-12-26-24/h1-12H,13-14H2. The minimum atomic E-state index is 0.484. The Labute approximate surface area is 162 Å². The van der Waals surface area contributed by atoms with Crippen molar-refractivity contribution < 1.29 is 9.47 Å². The second-order valence-corrected chi connectivity index (χ2v) is 6.94. The van der Waals surface area contributed by atoms with Crippen molar-refractivity contribution >= 4 is 0 Å². The molecule has 6 rings (SSSR count). The van der Waals surface area contributed by atoms with Crippen LogP contribution < -0.4 is 9.47 Å². The molecule has 0 saturated heterocycles. The maximum absolute atomic E-state index is 6.01. The van der Waals surface area contributed by atoms with Gasteiger partial charge >= 0.3 is 0 Å². The van der Waals surface area contributed by atoms with E-state index in [0.29, 0.717) is 13.2 Å². The third kappa shape index (κ3) is 2.18. The number of hydrogen-bond donors (Lipinski definition) is 0. The van der Waals surface area contributed by atoms with E-state index in [4.69, 9.17) is 19.4 Å². The summed E-state index contributed by atoms with van der Waals surface area (Å²) in [7, 11) is 0. The fraction of sp³-hybridized carbons (Fsp3) is 0.0833. The molecule has 28 heavy (non-hydrogen) atoms. The van der Waals surface area contributed by atoms with Crippen LogP contribution >= 0.6 is 0 Å². The number of fused-ring (bicyclic) bond motifs is 6. The average molecular weight is 364 g/mol. The lowest BCUT2D eigenvalue weighted by Crippen LogP contribution is -2.12. The summed E-state index contributed by atoms with van der Waals surface area (Å²) >= 11 is 0. The Bertz CT molecular complexity index is 1140. The molecule has 4 heteroatoms. The summed E-state index contributed by atoms with van der Waals surface area (Å²) in [6.45, 7) is 0.969. The van der Waals surface area contributed by atoms with Gasteiger partial charge in [0.1, 0.15) is 24.7 Å². The van der Waals surface area contributed by atoms with Gasteiger partial charge in [-0.15, -0.1) is 0 Å². The highest BCUT2D eigenvalue weighted by Gasteiger charge is 2.26. The quantitative estimate of drug-likeness (QED) is 0.462. The molecule has 0 amide bonds. The van der Waals surface area contributed by atoms with Crippen molar-refractivity contribution in [1.82, 2.24) is 9.97 Å². The van der Waals surface area contributed by atoms with Crippen molar-refractivity contribution in [2.45, 2.75) is 13.2 Å². The van der Waals surface area contributed by atoms with Crippen LogP contribution in [0, 0.1) is 0 Å². The maximum atomic E-state index is 6.01. The van der Waals surface area contributed by atoms with Crippen LogP contribution in [0.1, 0.15) is 11.1 Å². The third-order valence-corrected chi connectivity index (χ3v) is 5.43. The second-order valence-electron chi connectivity index (χ2n) is 6.94. The third-order valence-electron chi connectivity index (χ3n) is 5.43. The predicted molar refractivity (Wildman–Crippen MR) is 107 cm³/mol. The first kappa shape index (κ1) is 15.4. The number of aromatic nitrogens is 2. The van der Waals surface area contributed by atoms with Gasteiger partial charge in [-0.3, -0.25) is 9.97 Å². The molecule has 4 heterocycles. The molecule has 0 aliphatic carbocycles. The topological polar surface area (TPSA) is 44.2 Å². The number of rotatable bonds is 1. The molecule has 0 N–H and O–H groups in total. The van der Waals surface area contributed by atoms with E-state index in [-0.39, 0.29) is 0 Å². The highest BCUT2D eigenvalue weighted by Crippen LogP contribution is 2.43. The van der Waals surface area contributed by atoms with E-state index >= 15 is 0 Å². The maximum Gasteiger partial charge on any atom is 0.127 e. The van der Waals surface area contributed by atoms with Crippen LogP contribution in [-0.4, -0.2) is 9.97 Å². The van der Waals surface area contributed by atoms with Gasteiger partial charge in [0, 0.05) is 34.6 Å². The van der Waals surface area contributed by atoms with Crippen molar-refractivity contribution in [3.05, 3.63) is 84.2 Å². The van der Waals surface area contributed by atoms with Gasteiger partial charge in [-0.1, -0.05) is 36.4 Å². The first-order valence-electron chi connectivity index (χ1n) is 9.31. The zero-order valence-corrected chi connectivity index (χ0v) is 15.1. The van der Waals surface area contributed by atoms with Crippen LogP contribution in [0.2, 0.25) is 0 Å². The Morgan fingerprint density at radius 1 is 0.536 bits per heavy atom. The molecule has 4 nitrogen and oxygen atoms in total. The number of benzene rings is 2. The van der Waals surface area contributed by atoms with Crippen LogP contribution in [0.4, 0.5) is 0 Å². The van der Waals surface area contributed by atoms with Crippen molar-refractivity contribution in [3.8, 4) is 45.1 Å². The van der Waals surface area contributed by atoms with Crippen LogP contribution in [-0.2, 0) is 13.2 Å². The fourth-order valence-electron chi connectivity index (χ4n) is 4.12. The molecule has 0 fully saturated rings. The van der Waals surface area contributed by atoms with E-state index in [1.165, 1.54) is 0 Å². The molecule has 0 spiro atoms. The van der Waals surface area contributed by atoms with Gasteiger partial charge < -0.3 is 9.47 Å². The molecule has 2 aliphatic heterocycles. The summed E-state index contributed by atoms with van der Waals surface area (Å²) in [5.74, 6) is 1.82. The first-order valence-corrected chi connectivity index (χ1v) is 9.31. The Hall–Kier alpha value is -3.66. The van der Waals surface area contributed by atoms with E-state index in [9.17, 15) is 0 Å². The molecule has 0 atom stereocenters. The van der Waals surface area contributed by atoms with E-state index in [1.807, 2.05) is 48.8 Å². The van der Waals surface area contributed by atoms with Crippen LogP contribution in [0.15, 0.2) is 73.1 Å². The molecule has 134 valence electrons. The smallest absolute Gasteiger partial charge is 0.127 e. The Morgan fingerprint density at radius 2 is 1.00 bits per heavy atom. The van der Waals surface area contributed by atoms with E-state index in [0.717, 1.165) is 56.3 Å². The van der Waals surface area contributed by atoms with E-state index in [2.05, 4.69) is 24.3 Å². The molecule has 2 aromatic carbocycles. The van der Waals surface area contributed by atoms with Gasteiger partial charge in [-0.2, -0.15) is 0 Å². The van der Waals surface area contributed by atoms with Crippen LogP contribution in [0.3, 0.4) is 0 Å².